The molecule has 4 nitrogen and oxygen atoms in total. The number of benzene rings is 5. The number of nitrogens with zero attached hydrogens (tertiary/aromatic N) is 4. The molecule has 0 saturated carbocycles. The van der Waals surface area contributed by atoms with E-state index in [0.29, 0.717) is 11.5 Å². The van der Waals surface area contributed by atoms with Crippen LogP contribution in [-0.4, -0.2) is 14.5 Å². The maximum atomic E-state index is 9.42. The Kier molecular flexibility index (Phi) is 4.60. The van der Waals surface area contributed by atoms with Crippen molar-refractivity contribution in [3.8, 4) is 34.5 Å². The molecule has 2 aromatic heterocycles. The zero-order valence-corrected chi connectivity index (χ0v) is 22.2. The standard InChI is InChI=1S/C36H24N4/c1-36(2)29-13-7-5-12-27(29)34-32(36)33(23-17-15-22(21-37)16-18-23)38-35(39-34)40-30-14-8-6-11-26(30)28-19-24-9-3-4-10-25(24)20-31(28)40/h3-20H,1-2H3. The highest BCUT2D eigenvalue weighted by Crippen LogP contribution is 2.51. The lowest BCUT2D eigenvalue weighted by molar-refractivity contribution is 0.657. The van der Waals surface area contributed by atoms with Gasteiger partial charge in [0.15, 0.2) is 0 Å². The van der Waals surface area contributed by atoms with Crippen molar-refractivity contribution in [2.45, 2.75) is 19.3 Å². The highest BCUT2D eigenvalue weighted by Gasteiger charge is 2.40. The first-order valence-electron chi connectivity index (χ1n) is 13.5. The quantitative estimate of drug-likeness (QED) is 0.233. The molecule has 0 atom stereocenters. The van der Waals surface area contributed by atoms with E-state index < -0.39 is 0 Å². The van der Waals surface area contributed by atoms with Crippen molar-refractivity contribution in [3.63, 3.8) is 0 Å². The number of hydrogen-bond donors (Lipinski definition) is 0. The summed E-state index contributed by atoms with van der Waals surface area (Å²) in [6.45, 7) is 4.50. The Morgan fingerprint density at radius 2 is 1.35 bits per heavy atom. The van der Waals surface area contributed by atoms with Crippen molar-refractivity contribution < 1.29 is 0 Å². The normalized spacial score (nSPS) is 13.4. The highest BCUT2D eigenvalue weighted by atomic mass is 15.2. The smallest absolute Gasteiger partial charge is 0.235 e. The second-order valence-corrected chi connectivity index (χ2v) is 11.0. The van der Waals surface area contributed by atoms with Crippen LogP contribution in [0.3, 0.4) is 0 Å². The van der Waals surface area contributed by atoms with Gasteiger partial charge in [0, 0.05) is 32.9 Å². The lowest BCUT2D eigenvalue weighted by atomic mass is 9.81. The molecule has 1 aliphatic rings. The Balaban J connectivity index is 1.51. The van der Waals surface area contributed by atoms with Crippen LogP contribution in [0.5, 0.6) is 0 Å². The average molecular weight is 513 g/mol. The predicted molar refractivity (Wildman–Crippen MR) is 162 cm³/mol. The summed E-state index contributed by atoms with van der Waals surface area (Å²) in [6, 6.07) is 40.0. The van der Waals surface area contributed by atoms with Crippen molar-refractivity contribution in [1.29, 1.82) is 5.26 Å². The van der Waals surface area contributed by atoms with E-state index in [2.05, 4.69) is 109 Å². The van der Waals surface area contributed by atoms with E-state index in [4.69, 9.17) is 9.97 Å². The molecule has 8 rings (SSSR count). The van der Waals surface area contributed by atoms with Crippen LogP contribution in [0, 0.1) is 11.3 Å². The molecule has 0 unspecified atom stereocenters. The molecule has 0 amide bonds. The Hall–Kier alpha value is -5.27. The van der Waals surface area contributed by atoms with Gasteiger partial charge in [0.25, 0.3) is 0 Å². The molecule has 2 heterocycles. The molecule has 1 aliphatic carbocycles. The van der Waals surface area contributed by atoms with Gasteiger partial charge in [0.05, 0.1) is 34.1 Å². The number of aromatic nitrogens is 3. The molecule has 0 aliphatic heterocycles. The van der Waals surface area contributed by atoms with E-state index in [9.17, 15) is 5.26 Å². The molecule has 0 saturated heterocycles. The fourth-order valence-electron chi connectivity index (χ4n) is 6.49. The molecule has 5 aromatic carbocycles. The van der Waals surface area contributed by atoms with E-state index in [1.165, 1.54) is 27.1 Å². The zero-order valence-electron chi connectivity index (χ0n) is 22.2. The van der Waals surface area contributed by atoms with Gasteiger partial charge in [-0.1, -0.05) is 92.7 Å². The van der Waals surface area contributed by atoms with Gasteiger partial charge in [-0.3, -0.25) is 4.57 Å². The third-order valence-electron chi connectivity index (χ3n) is 8.41. The molecule has 40 heavy (non-hydrogen) atoms. The van der Waals surface area contributed by atoms with E-state index in [1.807, 2.05) is 24.3 Å². The lowest BCUT2D eigenvalue weighted by Gasteiger charge is -2.24. The number of rotatable bonds is 2. The summed E-state index contributed by atoms with van der Waals surface area (Å²) >= 11 is 0. The minimum atomic E-state index is -0.273. The maximum absolute atomic E-state index is 9.42. The van der Waals surface area contributed by atoms with Gasteiger partial charge < -0.3 is 0 Å². The molecule has 0 fully saturated rings. The topological polar surface area (TPSA) is 54.5 Å². The van der Waals surface area contributed by atoms with E-state index in [-0.39, 0.29) is 5.41 Å². The monoisotopic (exact) mass is 512 g/mol. The van der Waals surface area contributed by atoms with Crippen LogP contribution >= 0.6 is 0 Å². The summed E-state index contributed by atoms with van der Waals surface area (Å²) in [4.78, 5) is 10.7. The SMILES string of the molecule is CC1(C)c2ccccc2-c2nc(-n3c4ccccc4c4cc5ccccc5cc43)nc(-c3ccc(C#N)cc3)c21. The summed E-state index contributed by atoms with van der Waals surface area (Å²) in [6.07, 6.45) is 0. The Morgan fingerprint density at radius 1 is 0.675 bits per heavy atom. The van der Waals surface area contributed by atoms with Crippen LogP contribution in [0.2, 0.25) is 0 Å². The first-order valence-corrected chi connectivity index (χ1v) is 13.5. The maximum Gasteiger partial charge on any atom is 0.235 e. The molecule has 188 valence electrons. The summed E-state index contributed by atoms with van der Waals surface area (Å²) in [5.41, 5.74) is 8.87. The van der Waals surface area contributed by atoms with Gasteiger partial charge >= 0.3 is 0 Å². The van der Waals surface area contributed by atoms with Gasteiger partial charge in [-0.05, 0) is 46.7 Å². The van der Waals surface area contributed by atoms with Crippen molar-refractivity contribution in [1.82, 2.24) is 14.5 Å². The zero-order chi connectivity index (χ0) is 27.0. The Bertz CT molecular complexity index is 2190. The number of fused-ring (bicyclic) bond motifs is 7. The number of nitriles is 1. The third kappa shape index (κ3) is 3.06. The summed E-state index contributed by atoms with van der Waals surface area (Å²) in [7, 11) is 0. The van der Waals surface area contributed by atoms with Gasteiger partial charge in [-0.2, -0.15) is 5.26 Å². The fraction of sp³-hybridized carbons (Fsp3) is 0.0833. The van der Waals surface area contributed by atoms with Gasteiger partial charge in [-0.15, -0.1) is 0 Å². The largest absolute Gasteiger partial charge is 0.278 e. The first kappa shape index (κ1) is 22.7. The van der Waals surface area contributed by atoms with Crippen molar-refractivity contribution in [3.05, 3.63) is 126 Å². The van der Waals surface area contributed by atoms with Crippen molar-refractivity contribution in [2.24, 2.45) is 0 Å². The van der Waals surface area contributed by atoms with Gasteiger partial charge in [0.1, 0.15) is 0 Å². The van der Waals surface area contributed by atoms with Gasteiger partial charge in [0.2, 0.25) is 5.95 Å². The van der Waals surface area contributed by atoms with Crippen LogP contribution < -0.4 is 0 Å². The van der Waals surface area contributed by atoms with Crippen molar-refractivity contribution in [2.75, 3.05) is 0 Å². The Labute approximate surface area is 231 Å². The second-order valence-electron chi connectivity index (χ2n) is 11.0. The van der Waals surface area contributed by atoms with Crippen LogP contribution in [0.25, 0.3) is 61.0 Å². The van der Waals surface area contributed by atoms with Crippen LogP contribution in [0.15, 0.2) is 109 Å². The molecule has 0 bridgehead atoms. The van der Waals surface area contributed by atoms with Crippen LogP contribution in [0.1, 0.15) is 30.5 Å². The molecular weight excluding hydrogens is 488 g/mol. The van der Waals surface area contributed by atoms with Crippen molar-refractivity contribution >= 4 is 32.6 Å². The van der Waals surface area contributed by atoms with E-state index in [0.717, 1.165) is 39.1 Å². The minimum Gasteiger partial charge on any atom is -0.278 e. The summed E-state index contributed by atoms with van der Waals surface area (Å²) in [5, 5.41) is 14.2. The first-order chi connectivity index (χ1) is 19.5. The molecule has 7 aromatic rings. The second kappa shape index (κ2) is 8.11. The fourth-order valence-corrected chi connectivity index (χ4v) is 6.49. The average Bonchev–Trinajstić information content (AvgIpc) is 3.44. The minimum absolute atomic E-state index is 0.273. The van der Waals surface area contributed by atoms with Crippen LogP contribution in [0.4, 0.5) is 0 Å². The lowest BCUT2D eigenvalue weighted by Crippen LogP contribution is -2.18. The van der Waals surface area contributed by atoms with Gasteiger partial charge in [-0.25, -0.2) is 9.97 Å². The third-order valence-corrected chi connectivity index (χ3v) is 8.41. The van der Waals surface area contributed by atoms with E-state index in [1.54, 1.807) is 0 Å². The molecule has 0 N–H and O–H groups in total. The van der Waals surface area contributed by atoms with Crippen LogP contribution in [-0.2, 0) is 5.41 Å². The molecule has 4 heteroatoms. The molecular formula is C36H24N4. The van der Waals surface area contributed by atoms with E-state index >= 15 is 0 Å². The molecule has 0 spiro atoms. The molecule has 0 radical (unpaired) electrons. The predicted octanol–water partition coefficient (Wildman–Crippen LogP) is 8.57. The summed E-state index contributed by atoms with van der Waals surface area (Å²) in [5.74, 6) is 0.645. The highest BCUT2D eigenvalue weighted by molar-refractivity contribution is 6.13. The number of para-hydroxylation sites is 1. The summed E-state index contributed by atoms with van der Waals surface area (Å²) < 4.78 is 2.21. The number of hydrogen-bond acceptors (Lipinski definition) is 3. The Morgan fingerprint density at radius 3 is 2.15 bits per heavy atom.